The van der Waals surface area contributed by atoms with E-state index in [2.05, 4.69) is 10.5 Å². The van der Waals surface area contributed by atoms with Crippen LogP contribution in [0.15, 0.2) is 28.8 Å². The Morgan fingerprint density at radius 1 is 1.53 bits per heavy atom. The summed E-state index contributed by atoms with van der Waals surface area (Å²) in [5.41, 5.74) is 1.22. The van der Waals surface area contributed by atoms with E-state index in [1.165, 1.54) is 13.2 Å². The molecule has 0 bridgehead atoms. The van der Waals surface area contributed by atoms with Crippen molar-refractivity contribution in [3.8, 4) is 11.8 Å². The highest BCUT2D eigenvalue weighted by atomic mass is 16.5. The van der Waals surface area contributed by atoms with Gasteiger partial charge in [0.1, 0.15) is 17.5 Å². The fraction of sp³-hybridized carbons (Fsp3) is 0.154. The summed E-state index contributed by atoms with van der Waals surface area (Å²) in [5, 5.41) is 15.3. The first-order valence-electron chi connectivity index (χ1n) is 5.47. The number of carbonyl (C=O) groups excluding carboxylic acids is 1. The molecular formula is C13H11N3O3. The van der Waals surface area contributed by atoms with E-state index < -0.39 is 5.91 Å². The number of nitrogens with zero attached hydrogens (tertiary/aromatic N) is 2. The minimum atomic E-state index is -0.485. The molecular weight excluding hydrogens is 246 g/mol. The lowest BCUT2D eigenvalue weighted by Gasteiger charge is -2.10. The number of carbonyl (C=O) groups is 1. The molecule has 0 saturated heterocycles. The minimum absolute atomic E-state index is 0.0762. The van der Waals surface area contributed by atoms with Crippen LogP contribution in [-0.4, -0.2) is 18.2 Å². The third-order valence-corrected chi connectivity index (χ3v) is 2.46. The summed E-state index contributed by atoms with van der Waals surface area (Å²) in [4.78, 5) is 12.0. The molecule has 1 heterocycles. The van der Waals surface area contributed by atoms with Crippen molar-refractivity contribution in [2.75, 3.05) is 12.4 Å². The Bertz CT molecular complexity index is 655. The number of nitriles is 1. The smallest absolute Gasteiger partial charge is 0.294 e. The van der Waals surface area contributed by atoms with Gasteiger partial charge in [-0.15, -0.1) is 0 Å². The topological polar surface area (TPSA) is 88.1 Å². The molecule has 96 valence electrons. The second-order valence-electron chi connectivity index (χ2n) is 3.78. The molecule has 1 aromatic heterocycles. The van der Waals surface area contributed by atoms with E-state index >= 15 is 0 Å². The lowest BCUT2D eigenvalue weighted by Crippen LogP contribution is -2.13. The number of nitrogens with one attached hydrogen (secondary N) is 1. The first-order valence-corrected chi connectivity index (χ1v) is 5.47. The number of amides is 1. The summed E-state index contributed by atoms with van der Waals surface area (Å²) in [6.07, 6.45) is 0. The maximum absolute atomic E-state index is 12.0. The van der Waals surface area contributed by atoms with Crippen molar-refractivity contribution in [1.29, 1.82) is 5.26 Å². The van der Waals surface area contributed by atoms with Gasteiger partial charge in [0, 0.05) is 6.07 Å². The highest BCUT2D eigenvalue weighted by Crippen LogP contribution is 2.28. The van der Waals surface area contributed by atoms with Crippen molar-refractivity contribution < 1.29 is 14.1 Å². The number of rotatable bonds is 3. The number of hydrogen-bond donors (Lipinski definition) is 1. The van der Waals surface area contributed by atoms with Crippen molar-refractivity contribution in [1.82, 2.24) is 5.16 Å². The lowest BCUT2D eigenvalue weighted by atomic mass is 10.1. The molecule has 1 N–H and O–H groups in total. The highest BCUT2D eigenvalue weighted by molar-refractivity contribution is 6.03. The minimum Gasteiger partial charge on any atom is -0.495 e. The highest BCUT2D eigenvalue weighted by Gasteiger charge is 2.16. The molecule has 6 nitrogen and oxygen atoms in total. The van der Waals surface area contributed by atoms with Gasteiger partial charge in [-0.2, -0.15) is 5.26 Å². The van der Waals surface area contributed by atoms with Crippen LogP contribution in [0.2, 0.25) is 0 Å². The lowest BCUT2D eigenvalue weighted by molar-refractivity contribution is 0.0987. The Morgan fingerprint density at radius 3 is 2.89 bits per heavy atom. The van der Waals surface area contributed by atoms with E-state index in [4.69, 9.17) is 14.5 Å². The van der Waals surface area contributed by atoms with Crippen molar-refractivity contribution >= 4 is 11.6 Å². The van der Waals surface area contributed by atoms with Crippen LogP contribution in [-0.2, 0) is 0 Å². The molecule has 0 atom stereocenters. The van der Waals surface area contributed by atoms with Gasteiger partial charge in [0.25, 0.3) is 5.91 Å². The van der Waals surface area contributed by atoms with E-state index in [0.717, 1.165) is 0 Å². The third kappa shape index (κ3) is 2.55. The van der Waals surface area contributed by atoms with Gasteiger partial charge in [-0.25, -0.2) is 0 Å². The molecule has 0 aliphatic rings. The number of para-hydroxylation sites is 1. The Hall–Kier alpha value is -2.81. The fourth-order valence-corrected chi connectivity index (χ4v) is 1.57. The summed E-state index contributed by atoms with van der Waals surface area (Å²) in [6, 6.07) is 8.42. The molecule has 0 saturated carbocycles. The van der Waals surface area contributed by atoms with Gasteiger partial charge in [-0.05, 0) is 19.1 Å². The van der Waals surface area contributed by atoms with Crippen molar-refractivity contribution in [2.45, 2.75) is 6.92 Å². The number of benzene rings is 1. The zero-order chi connectivity index (χ0) is 13.8. The molecule has 0 radical (unpaired) electrons. The van der Waals surface area contributed by atoms with Gasteiger partial charge >= 0.3 is 0 Å². The first-order chi connectivity index (χ1) is 9.15. The Balaban J connectivity index is 2.33. The van der Waals surface area contributed by atoms with E-state index in [-0.39, 0.29) is 5.76 Å². The maximum atomic E-state index is 12.0. The molecule has 0 spiro atoms. The standard InChI is InChI=1S/C13H11N3O3/c1-8-6-11(19-16-8)13(17)15-12-9(7-14)4-3-5-10(12)18-2/h3-6H,1-2H3,(H,15,17). The second-order valence-corrected chi connectivity index (χ2v) is 3.78. The van der Waals surface area contributed by atoms with E-state index in [1.54, 1.807) is 25.1 Å². The molecule has 0 unspecified atom stereocenters. The molecule has 6 heteroatoms. The van der Waals surface area contributed by atoms with Gasteiger partial charge in [0.2, 0.25) is 5.76 Å². The Labute approximate surface area is 109 Å². The van der Waals surface area contributed by atoms with Crippen LogP contribution in [0.1, 0.15) is 21.8 Å². The van der Waals surface area contributed by atoms with Crippen LogP contribution >= 0.6 is 0 Å². The van der Waals surface area contributed by atoms with Crippen molar-refractivity contribution in [2.24, 2.45) is 0 Å². The third-order valence-electron chi connectivity index (χ3n) is 2.46. The Morgan fingerprint density at radius 2 is 2.32 bits per heavy atom. The molecule has 0 fully saturated rings. The number of aromatic nitrogens is 1. The number of anilines is 1. The SMILES string of the molecule is COc1cccc(C#N)c1NC(=O)c1cc(C)no1. The van der Waals surface area contributed by atoms with E-state index in [0.29, 0.717) is 22.7 Å². The monoisotopic (exact) mass is 257 g/mol. The molecule has 1 amide bonds. The number of methoxy groups -OCH3 is 1. The number of hydrogen-bond acceptors (Lipinski definition) is 5. The summed E-state index contributed by atoms with van der Waals surface area (Å²) >= 11 is 0. The van der Waals surface area contributed by atoms with Crippen LogP contribution in [0, 0.1) is 18.3 Å². The predicted molar refractivity (Wildman–Crippen MR) is 66.9 cm³/mol. The summed E-state index contributed by atoms with van der Waals surface area (Å²) in [7, 11) is 1.46. The molecule has 1 aromatic carbocycles. The van der Waals surface area contributed by atoms with Crippen LogP contribution in [0.4, 0.5) is 5.69 Å². The van der Waals surface area contributed by atoms with Crippen LogP contribution in [0.5, 0.6) is 5.75 Å². The van der Waals surface area contributed by atoms with Gasteiger partial charge in [0.15, 0.2) is 0 Å². The second kappa shape index (κ2) is 5.23. The molecule has 2 rings (SSSR count). The van der Waals surface area contributed by atoms with E-state index in [1.807, 2.05) is 6.07 Å². The van der Waals surface area contributed by atoms with Gasteiger partial charge in [-0.1, -0.05) is 11.2 Å². The quantitative estimate of drug-likeness (QED) is 0.909. The average Bonchev–Trinajstić information content (AvgIpc) is 2.85. The first kappa shape index (κ1) is 12.6. The van der Waals surface area contributed by atoms with Gasteiger partial charge in [-0.3, -0.25) is 4.79 Å². The van der Waals surface area contributed by atoms with Crippen LogP contribution in [0.3, 0.4) is 0 Å². The number of ether oxygens (including phenoxy) is 1. The predicted octanol–water partition coefficient (Wildman–Crippen LogP) is 2.12. The summed E-state index contributed by atoms with van der Waals surface area (Å²) in [5.74, 6) is -0.00228. The fourth-order valence-electron chi connectivity index (χ4n) is 1.57. The summed E-state index contributed by atoms with van der Waals surface area (Å²) < 4.78 is 9.98. The van der Waals surface area contributed by atoms with Gasteiger partial charge in [0.05, 0.1) is 18.4 Å². The normalized spacial score (nSPS) is 9.74. The Kier molecular flexibility index (Phi) is 3.48. The number of aryl methyl sites for hydroxylation is 1. The maximum Gasteiger partial charge on any atom is 0.294 e. The van der Waals surface area contributed by atoms with Crippen molar-refractivity contribution in [3.63, 3.8) is 0 Å². The van der Waals surface area contributed by atoms with Gasteiger partial charge < -0.3 is 14.6 Å². The van der Waals surface area contributed by atoms with E-state index in [9.17, 15) is 4.79 Å². The molecule has 2 aromatic rings. The van der Waals surface area contributed by atoms with Crippen molar-refractivity contribution in [3.05, 3.63) is 41.3 Å². The molecule has 19 heavy (non-hydrogen) atoms. The van der Waals surface area contributed by atoms with Crippen LogP contribution in [0.25, 0.3) is 0 Å². The zero-order valence-electron chi connectivity index (χ0n) is 10.4. The summed E-state index contributed by atoms with van der Waals surface area (Å²) in [6.45, 7) is 1.71. The molecule has 0 aliphatic carbocycles. The average molecular weight is 257 g/mol. The van der Waals surface area contributed by atoms with Crippen LogP contribution < -0.4 is 10.1 Å². The largest absolute Gasteiger partial charge is 0.495 e. The molecule has 0 aliphatic heterocycles. The zero-order valence-corrected chi connectivity index (χ0v) is 10.4.